The summed E-state index contributed by atoms with van der Waals surface area (Å²) < 4.78 is 14.0. The number of nitrogen functional groups attached to an aromatic ring is 1. The molecular formula is C20H27FN2. The van der Waals surface area contributed by atoms with E-state index in [1.54, 1.807) is 6.07 Å². The van der Waals surface area contributed by atoms with Gasteiger partial charge >= 0.3 is 0 Å². The summed E-state index contributed by atoms with van der Waals surface area (Å²) in [4.78, 5) is 0. The average Bonchev–Trinajstić information content (AvgIpc) is 2.45. The molecule has 0 fully saturated rings. The average molecular weight is 314 g/mol. The molecule has 0 saturated carbocycles. The Kier molecular flexibility index (Phi) is 4.69. The summed E-state index contributed by atoms with van der Waals surface area (Å²) in [5, 5.41) is 3.44. The molecule has 2 rings (SSSR count). The second-order valence-electron chi connectivity index (χ2n) is 7.81. The number of halogens is 1. The molecule has 2 aromatic rings. The first-order chi connectivity index (χ1) is 10.6. The third-order valence-electron chi connectivity index (χ3n) is 4.18. The van der Waals surface area contributed by atoms with Crippen LogP contribution in [0.25, 0.3) is 0 Å². The molecule has 2 aromatic carbocycles. The van der Waals surface area contributed by atoms with Gasteiger partial charge in [0.15, 0.2) is 0 Å². The monoisotopic (exact) mass is 314 g/mol. The van der Waals surface area contributed by atoms with Crippen LogP contribution in [0.15, 0.2) is 42.5 Å². The number of nitrogens with two attached hydrogens (primary N) is 1. The molecule has 0 bridgehead atoms. The molecule has 3 heteroatoms. The van der Waals surface area contributed by atoms with Crippen molar-refractivity contribution < 1.29 is 4.39 Å². The lowest BCUT2D eigenvalue weighted by Crippen LogP contribution is -2.28. The van der Waals surface area contributed by atoms with E-state index >= 15 is 0 Å². The molecular weight excluding hydrogens is 287 g/mol. The minimum Gasteiger partial charge on any atom is -0.399 e. The first-order valence-electron chi connectivity index (χ1n) is 7.99. The van der Waals surface area contributed by atoms with Gasteiger partial charge in [-0.05, 0) is 46.9 Å². The topological polar surface area (TPSA) is 38.0 Å². The Hall–Kier alpha value is -2.03. The van der Waals surface area contributed by atoms with Gasteiger partial charge in [0.05, 0.1) is 0 Å². The van der Waals surface area contributed by atoms with Crippen molar-refractivity contribution in [3.05, 3.63) is 59.4 Å². The molecule has 0 radical (unpaired) electrons. The largest absolute Gasteiger partial charge is 0.399 e. The lowest BCUT2D eigenvalue weighted by molar-refractivity contribution is 0.522. The summed E-state index contributed by atoms with van der Waals surface area (Å²) in [7, 11) is 0. The molecule has 0 spiro atoms. The lowest BCUT2D eigenvalue weighted by Gasteiger charge is -2.27. The van der Waals surface area contributed by atoms with Crippen LogP contribution in [0.3, 0.4) is 0 Å². The summed E-state index contributed by atoms with van der Waals surface area (Å²) in [5.41, 5.74) is 9.21. The first-order valence-corrected chi connectivity index (χ1v) is 7.99. The Bertz CT molecular complexity index is 684. The summed E-state index contributed by atoms with van der Waals surface area (Å²) in [6.45, 7) is 11.1. The van der Waals surface area contributed by atoms with Crippen molar-refractivity contribution in [2.24, 2.45) is 0 Å². The van der Waals surface area contributed by atoms with Gasteiger partial charge in [0.1, 0.15) is 5.82 Å². The normalized spacial score (nSPS) is 12.3. The molecule has 0 aromatic heterocycles. The van der Waals surface area contributed by atoms with Crippen LogP contribution in [0, 0.1) is 5.82 Å². The van der Waals surface area contributed by atoms with E-state index in [9.17, 15) is 4.39 Å². The van der Waals surface area contributed by atoms with Crippen molar-refractivity contribution in [2.45, 2.75) is 45.4 Å². The van der Waals surface area contributed by atoms with Gasteiger partial charge in [0.2, 0.25) is 0 Å². The van der Waals surface area contributed by atoms with Gasteiger partial charge in [-0.1, -0.05) is 46.8 Å². The molecule has 0 unspecified atom stereocenters. The van der Waals surface area contributed by atoms with Crippen LogP contribution in [-0.2, 0) is 10.8 Å². The summed E-state index contributed by atoms with van der Waals surface area (Å²) in [6, 6.07) is 13.2. The van der Waals surface area contributed by atoms with Gasteiger partial charge in [-0.15, -0.1) is 0 Å². The van der Waals surface area contributed by atoms with Crippen molar-refractivity contribution in [2.75, 3.05) is 17.6 Å². The van der Waals surface area contributed by atoms with Crippen LogP contribution in [-0.4, -0.2) is 6.54 Å². The Morgan fingerprint density at radius 1 is 1.00 bits per heavy atom. The minimum atomic E-state index is -0.217. The molecule has 0 amide bonds. The number of hydrogen-bond donors (Lipinski definition) is 2. The standard InChI is InChI=1S/C20H27FN2/c1-19(2,3)17-12-16(9-10-18(17)21)23-13-20(4,5)14-7-6-8-15(22)11-14/h6-12,23H,13,22H2,1-5H3. The third-order valence-corrected chi connectivity index (χ3v) is 4.18. The van der Waals surface area contributed by atoms with Crippen molar-refractivity contribution in [3.63, 3.8) is 0 Å². The molecule has 2 nitrogen and oxygen atoms in total. The zero-order valence-electron chi connectivity index (χ0n) is 14.7. The van der Waals surface area contributed by atoms with E-state index in [4.69, 9.17) is 5.73 Å². The molecule has 0 aliphatic rings. The highest BCUT2D eigenvalue weighted by Crippen LogP contribution is 2.29. The van der Waals surface area contributed by atoms with Gasteiger partial charge in [-0.25, -0.2) is 4.39 Å². The van der Waals surface area contributed by atoms with Gasteiger partial charge in [0.25, 0.3) is 0 Å². The second kappa shape index (κ2) is 6.23. The van der Waals surface area contributed by atoms with E-state index in [-0.39, 0.29) is 16.6 Å². The van der Waals surface area contributed by atoms with E-state index < -0.39 is 0 Å². The Morgan fingerprint density at radius 2 is 1.70 bits per heavy atom. The highest BCUT2D eigenvalue weighted by Gasteiger charge is 2.22. The Balaban J connectivity index is 2.17. The van der Waals surface area contributed by atoms with Crippen LogP contribution < -0.4 is 11.1 Å². The van der Waals surface area contributed by atoms with E-state index in [1.165, 1.54) is 11.6 Å². The Labute approximate surface area is 138 Å². The Morgan fingerprint density at radius 3 is 2.30 bits per heavy atom. The van der Waals surface area contributed by atoms with Crippen LogP contribution in [0.1, 0.15) is 45.7 Å². The number of benzene rings is 2. The maximum absolute atomic E-state index is 14.0. The highest BCUT2D eigenvalue weighted by molar-refractivity contribution is 5.49. The van der Waals surface area contributed by atoms with Crippen molar-refractivity contribution in [1.29, 1.82) is 0 Å². The maximum atomic E-state index is 14.0. The van der Waals surface area contributed by atoms with E-state index in [0.717, 1.165) is 23.5 Å². The van der Waals surface area contributed by atoms with Crippen LogP contribution in [0.4, 0.5) is 15.8 Å². The smallest absolute Gasteiger partial charge is 0.127 e. The van der Waals surface area contributed by atoms with Gasteiger partial charge in [-0.3, -0.25) is 0 Å². The quantitative estimate of drug-likeness (QED) is 0.771. The zero-order valence-corrected chi connectivity index (χ0v) is 14.7. The summed E-state index contributed by atoms with van der Waals surface area (Å²) in [5.74, 6) is -0.154. The van der Waals surface area contributed by atoms with Crippen molar-refractivity contribution >= 4 is 11.4 Å². The number of anilines is 2. The number of rotatable bonds is 4. The fourth-order valence-electron chi connectivity index (χ4n) is 2.59. The molecule has 0 aliphatic carbocycles. The maximum Gasteiger partial charge on any atom is 0.127 e. The minimum absolute atomic E-state index is 0.0777. The molecule has 0 saturated heterocycles. The van der Waals surface area contributed by atoms with E-state index in [1.807, 2.05) is 45.0 Å². The fraction of sp³-hybridized carbons (Fsp3) is 0.400. The van der Waals surface area contributed by atoms with Gasteiger partial charge in [-0.2, -0.15) is 0 Å². The molecule has 0 aliphatic heterocycles. The van der Waals surface area contributed by atoms with Crippen molar-refractivity contribution in [1.82, 2.24) is 0 Å². The highest BCUT2D eigenvalue weighted by atomic mass is 19.1. The third kappa shape index (κ3) is 4.25. The lowest BCUT2D eigenvalue weighted by atomic mass is 9.84. The second-order valence-corrected chi connectivity index (χ2v) is 7.81. The van der Waals surface area contributed by atoms with Crippen LogP contribution in [0.2, 0.25) is 0 Å². The van der Waals surface area contributed by atoms with E-state index in [2.05, 4.69) is 25.2 Å². The van der Waals surface area contributed by atoms with Crippen LogP contribution >= 0.6 is 0 Å². The van der Waals surface area contributed by atoms with Crippen LogP contribution in [0.5, 0.6) is 0 Å². The summed E-state index contributed by atoms with van der Waals surface area (Å²) in [6.07, 6.45) is 0. The SMILES string of the molecule is CC(C)(C)c1cc(NCC(C)(C)c2cccc(N)c2)ccc1F. The first kappa shape index (κ1) is 17.3. The number of nitrogens with one attached hydrogen (secondary N) is 1. The molecule has 0 atom stereocenters. The van der Waals surface area contributed by atoms with Crippen molar-refractivity contribution in [3.8, 4) is 0 Å². The van der Waals surface area contributed by atoms with E-state index in [0.29, 0.717) is 0 Å². The zero-order chi connectivity index (χ0) is 17.3. The molecule has 23 heavy (non-hydrogen) atoms. The molecule has 3 N–H and O–H groups in total. The van der Waals surface area contributed by atoms with Gasteiger partial charge < -0.3 is 11.1 Å². The predicted molar refractivity (Wildman–Crippen MR) is 97.5 cm³/mol. The van der Waals surface area contributed by atoms with Gasteiger partial charge in [0, 0.05) is 23.3 Å². The molecule has 124 valence electrons. The fourth-order valence-corrected chi connectivity index (χ4v) is 2.59. The molecule has 0 heterocycles. The predicted octanol–water partition coefficient (Wildman–Crippen LogP) is 5.10. The number of hydrogen-bond acceptors (Lipinski definition) is 2. The summed E-state index contributed by atoms with van der Waals surface area (Å²) >= 11 is 0.